The maximum absolute atomic E-state index is 12.9. The first kappa shape index (κ1) is 17.7. The van der Waals surface area contributed by atoms with E-state index in [1.165, 1.54) is 24.3 Å². The Kier molecular flexibility index (Phi) is 5.38. The summed E-state index contributed by atoms with van der Waals surface area (Å²) in [5.74, 6) is -0.0591. The molecule has 8 heteroatoms. The van der Waals surface area contributed by atoms with Crippen LogP contribution in [0.4, 0.5) is 13.2 Å². The van der Waals surface area contributed by atoms with Gasteiger partial charge in [0.05, 0.1) is 12.0 Å². The van der Waals surface area contributed by atoms with Crippen molar-refractivity contribution in [2.75, 3.05) is 6.54 Å². The average molecular weight is 339 g/mol. The van der Waals surface area contributed by atoms with Crippen LogP contribution in [0.3, 0.4) is 0 Å². The zero-order chi connectivity index (χ0) is 17.7. The van der Waals surface area contributed by atoms with E-state index in [2.05, 4.69) is 15.3 Å². The number of amides is 1. The number of carbonyl (C=O) groups is 1. The molecule has 0 saturated carbocycles. The van der Waals surface area contributed by atoms with Crippen molar-refractivity contribution in [3.05, 3.63) is 63.3 Å². The van der Waals surface area contributed by atoms with Gasteiger partial charge in [0.1, 0.15) is 5.82 Å². The van der Waals surface area contributed by atoms with Crippen molar-refractivity contribution in [2.45, 2.75) is 25.9 Å². The average Bonchev–Trinajstić information content (AvgIpc) is 2.45. The fourth-order valence-corrected chi connectivity index (χ4v) is 2.29. The van der Waals surface area contributed by atoms with E-state index in [0.29, 0.717) is 17.9 Å². The second-order valence-electron chi connectivity index (χ2n) is 5.25. The number of hydrogen-bond acceptors (Lipinski definition) is 3. The van der Waals surface area contributed by atoms with E-state index >= 15 is 0 Å². The highest BCUT2D eigenvalue weighted by Gasteiger charge is 2.33. The second-order valence-corrected chi connectivity index (χ2v) is 5.25. The number of nitrogens with zero attached hydrogens (tertiary/aromatic N) is 1. The number of aromatic nitrogens is 2. The third kappa shape index (κ3) is 4.94. The van der Waals surface area contributed by atoms with Gasteiger partial charge in [0.25, 0.3) is 5.56 Å². The maximum atomic E-state index is 12.9. The normalized spacial score (nSPS) is 11.3. The van der Waals surface area contributed by atoms with Crippen LogP contribution in [0, 0.1) is 6.92 Å². The Balaban J connectivity index is 1.94. The first-order valence-corrected chi connectivity index (χ1v) is 7.24. The summed E-state index contributed by atoms with van der Waals surface area (Å²) in [4.78, 5) is 29.7. The van der Waals surface area contributed by atoms with Gasteiger partial charge in [0, 0.05) is 24.7 Å². The number of halogens is 3. The molecule has 0 aliphatic heterocycles. The molecular weight excluding hydrogens is 323 g/mol. The summed E-state index contributed by atoms with van der Waals surface area (Å²) in [5.41, 5.74) is -0.671. The lowest BCUT2D eigenvalue weighted by Gasteiger charge is -2.12. The molecule has 2 rings (SSSR count). The number of carbonyl (C=O) groups excluding carboxylic acids is 1. The van der Waals surface area contributed by atoms with Crippen LogP contribution in [0.15, 0.2) is 35.1 Å². The number of hydrogen-bond donors (Lipinski definition) is 2. The number of H-pyrrole nitrogens is 1. The second kappa shape index (κ2) is 7.29. The van der Waals surface area contributed by atoms with Crippen molar-refractivity contribution in [2.24, 2.45) is 0 Å². The summed E-state index contributed by atoms with van der Waals surface area (Å²) in [6.07, 6.45) is -4.54. The van der Waals surface area contributed by atoms with E-state index < -0.39 is 17.6 Å². The van der Waals surface area contributed by atoms with Crippen molar-refractivity contribution in [3.8, 4) is 0 Å². The number of nitrogens with one attached hydrogen (secondary N) is 2. The lowest BCUT2D eigenvalue weighted by atomic mass is 10.0. The van der Waals surface area contributed by atoms with Gasteiger partial charge in [0.15, 0.2) is 0 Å². The van der Waals surface area contributed by atoms with Crippen LogP contribution in [0.5, 0.6) is 0 Å². The van der Waals surface area contributed by atoms with Crippen LogP contribution in [0.1, 0.15) is 22.6 Å². The number of rotatable bonds is 5. The van der Waals surface area contributed by atoms with Crippen LogP contribution < -0.4 is 10.9 Å². The van der Waals surface area contributed by atoms with E-state index in [1.807, 2.05) is 0 Å². The predicted molar refractivity (Wildman–Crippen MR) is 81.5 cm³/mol. The summed E-state index contributed by atoms with van der Waals surface area (Å²) in [7, 11) is 0. The molecule has 0 unspecified atom stereocenters. The highest BCUT2D eigenvalue weighted by molar-refractivity contribution is 5.79. The largest absolute Gasteiger partial charge is 0.416 e. The molecule has 2 N–H and O–H groups in total. The zero-order valence-corrected chi connectivity index (χ0v) is 12.9. The summed E-state index contributed by atoms with van der Waals surface area (Å²) >= 11 is 0. The third-order valence-corrected chi connectivity index (χ3v) is 3.29. The Morgan fingerprint density at radius 1 is 1.29 bits per heavy atom. The van der Waals surface area contributed by atoms with Crippen LogP contribution in [-0.4, -0.2) is 22.4 Å². The Morgan fingerprint density at radius 3 is 2.67 bits per heavy atom. The molecule has 0 saturated heterocycles. The highest BCUT2D eigenvalue weighted by Crippen LogP contribution is 2.31. The standard InChI is InChI=1S/C16H16F3N3O2/c1-10-21-12(9-15(24)22-10)6-7-20-14(23)8-11-4-2-3-5-13(11)16(17,18)19/h2-5,9H,6-8H2,1H3,(H,20,23)(H,21,22,24). The molecular formula is C16H16F3N3O2. The number of alkyl halides is 3. The minimum Gasteiger partial charge on any atom is -0.355 e. The molecule has 2 aromatic rings. The van der Waals surface area contributed by atoms with Crippen molar-refractivity contribution in [1.82, 2.24) is 15.3 Å². The molecule has 0 bridgehead atoms. The molecule has 1 heterocycles. The molecule has 5 nitrogen and oxygen atoms in total. The molecule has 0 aliphatic rings. The smallest absolute Gasteiger partial charge is 0.355 e. The van der Waals surface area contributed by atoms with Gasteiger partial charge in [-0.15, -0.1) is 0 Å². The van der Waals surface area contributed by atoms with Gasteiger partial charge in [0.2, 0.25) is 5.91 Å². The summed E-state index contributed by atoms with van der Waals surface area (Å²) in [5, 5.41) is 2.54. The van der Waals surface area contributed by atoms with E-state index in [-0.39, 0.29) is 24.1 Å². The Labute approximate surface area is 135 Å². The molecule has 1 aromatic carbocycles. The SMILES string of the molecule is Cc1nc(CCNC(=O)Cc2ccccc2C(F)(F)F)cc(=O)[nH]1. The minimum absolute atomic E-state index is 0.0763. The zero-order valence-electron chi connectivity index (χ0n) is 12.9. The van der Waals surface area contributed by atoms with Gasteiger partial charge in [-0.25, -0.2) is 4.98 Å². The monoisotopic (exact) mass is 339 g/mol. The van der Waals surface area contributed by atoms with E-state index in [0.717, 1.165) is 6.07 Å². The Hall–Kier alpha value is -2.64. The van der Waals surface area contributed by atoms with Crippen molar-refractivity contribution >= 4 is 5.91 Å². The first-order valence-electron chi connectivity index (χ1n) is 7.24. The van der Waals surface area contributed by atoms with E-state index in [1.54, 1.807) is 6.92 Å². The molecule has 1 aromatic heterocycles. The van der Waals surface area contributed by atoms with Crippen LogP contribution in [0.2, 0.25) is 0 Å². The minimum atomic E-state index is -4.50. The number of aryl methyl sites for hydroxylation is 1. The van der Waals surface area contributed by atoms with Crippen LogP contribution >= 0.6 is 0 Å². The van der Waals surface area contributed by atoms with Crippen LogP contribution in [0.25, 0.3) is 0 Å². The summed E-state index contributed by atoms with van der Waals surface area (Å²) in [6.45, 7) is 1.82. The number of aromatic amines is 1. The third-order valence-electron chi connectivity index (χ3n) is 3.29. The van der Waals surface area contributed by atoms with Crippen LogP contribution in [-0.2, 0) is 23.8 Å². The van der Waals surface area contributed by atoms with E-state index in [9.17, 15) is 22.8 Å². The molecule has 0 radical (unpaired) electrons. The molecule has 24 heavy (non-hydrogen) atoms. The Morgan fingerprint density at radius 2 is 2.00 bits per heavy atom. The first-order chi connectivity index (χ1) is 11.3. The predicted octanol–water partition coefficient (Wildman–Crippen LogP) is 2.00. The van der Waals surface area contributed by atoms with E-state index in [4.69, 9.17) is 0 Å². The summed E-state index contributed by atoms with van der Waals surface area (Å²) < 4.78 is 38.6. The topological polar surface area (TPSA) is 74.8 Å². The molecule has 0 fully saturated rings. The quantitative estimate of drug-likeness (QED) is 0.875. The molecule has 0 spiro atoms. The Bertz CT molecular complexity index is 785. The molecule has 0 aliphatic carbocycles. The van der Waals surface area contributed by atoms with Gasteiger partial charge in [-0.3, -0.25) is 9.59 Å². The van der Waals surface area contributed by atoms with Crippen molar-refractivity contribution in [1.29, 1.82) is 0 Å². The van der Waals surface area contributed by atoms with Gasteiger partial charge in [-0.2, -0.15) is 13.2 Å². The van der Waals surface area contributed by atoms with Gasteiger partial charge in [-0.05, 0) is 18.6 Å². The van der Waals surface area contributed by atoms with Gasteiger partial charge >= 0.3 is 6.18 Å². The highest BCUT2D eigenvalue weighted by atomic mass is 19.4. The maximum Gasteiger partial charge on any atom is 0.416 e. The fraction of sp³-hybridized carbons (Fsp3) is 0.312. The number of benzene rings is 1. The van der Waals surface area contributed by atoms with Crippen molar-refractivity contribution < 1.29 is 18.0 Å². The molecule has 128 valence electrons. The molecule has 1 amide bonds. The fourth-order valence-electron chi connectivity index (χ4n) is 2.29. The van der Waals surface area contributed by atoms with Gasteiger partial charge in [-0.1, -0.05) is 18.2 Å². The summed E-state index contributed by atoms with van der Waals surface area (Å²) in [6, 6.07) is 6.29. The lowest BCUT2D eigenvalue weighted by molar-refractivity contribution is -0.138. The lowest BCUT2D eigenvalue weighted by Crippen LogP contribution is -2.28. The van der Waals surface area contributed by atoms with Gasteiger partial charge < -0.3 is 10.3 Å². The van der Waals surface area contributed by atoms with Crippen molar-refractivity contribution in [3.63, 3.8) is 0 Å². The molecule has 0 atom stereocenters.